The Kier molecular flexibility index (Phi) is 6.46. The lowest BCUT2D eigenvalue weighted by molar-refractivity contribution is -0.111. The van der Waals surface area contributed by atoms with Gasteiger partial charge in [-0.2, -0.15) is 4.31 Å². The van der Waals surface area contributed by atoms with E-state index in [1.165, 1.54) is 22.5 Å². The van der Waals surface area contributed by atoms with Crippen molar-refractivity contribution in [3.8, 4) is 0 Å². The number of halogens is 1. The van der Waals surface area contributed by atoms with Crippen LogP contribution in [0.5, 0.6) is 0 Å². The van der Waals surface area contributed by atoms with E-state index in [0.29, 0.717) is 18.8 Å². The maximum absolute atomic E-state index is 12.6. The third-order valence-electron chi connectivity index (χ3n) is 4.39. The molecular formula is C20H21BrN2O3S. The largest absolute Gasteiger partial charge is 0.323 e. The molecule has 0 aromatic heterocycles. The molecule has 1 amide bonds. The van der Waals surface area contributed by atoms with Crippen molar-refractivity contribution >= 4 is 43.6 Å². The van der Waals surface area contributed by atoms with Crippen LogP contribution < -0.4 is 5.32 Å². The van der Waals surface area contributed by atoms with Crippen LogP contribution in [-0.4, -0.2) is 31.7 Å². The maximum atomic E-state index is 12.6. The van der Waals surface area contributed by atoms with Crippen molar-refractivity contribution in [1.82, 2.24) is 4.31 Å². The van der Waals surface area contributed by atoms with E-state index in [4.69, 9.17) is 0 Å². The van der Waals surface area contributed by atoms with E-state index in [1.54, 1.807) is 18.2 Å². The monoisotopic (exact) mass is 448 g/mol. The molecule has 0 unspecified atom stereocenters. The first kappa shape index (κ1) is 19.8. The van der Waals surface area contributed by atoms with Crippen LogP contribution >= 0.6 is 15.9 Å². The van der Waals surface area contributed by atoms with E-state index in [9.17, 15) is 13.2 Å². The molecule has 1 fully saturated rings. The second kappa shape index (κ2) is 8.82. The Hall–Kier alpha value is -1.96. The molecule has 5 nitrogen and oxygen atoms in total. The molecule has 1 aliphatic rings. The summed E-state index contributed by atoms with van der Waals surface area (Å²) in [5.41, 5.74) is 1.45. The van der Waals surface area contributed by atoms with Gasteiger partial charge in [0.25, 0.3) is 0 Å². The van der Waals surface area contributed by atoms with Gasteiger partial charge in [-0.05, 0) is 54.8 Å². The van der Waals surface area contributed by atoms with Crippen LogP contribution in [-0.2, 0) is 14.8 Å². The number of anilines is 1. The Bertz CT molecular complexity index is 934. The molecule has 3 rings (SSSR count). The van der Waals surface area contributed by atoms with E-state index >= 15 is 0 Å². The molecule has 0 saturated carbocycles. The topological polar surface area (TPSA) is 66.5 Å². The lowest BCUT2D eigenvalue weighted by atomic mass is 10.2. The van der Waals surface area contributed by atoms with Crippen LogP contribution in [0, 0.1) is 0 Å². The molecular weight excluding hydrogens is 428 g/mol. The first-order chi connectivity index (χ1) is 13.0. The third-order valence-corrected chi connectivity index (χ3v) is 7.03. The van der Waals surface area contributed by atoms with Crippen LogP contribution in [0.4, 0.5) is 5.69 Å². The summed E-state index contributed by atoms with van der Waals surface area (Å²) in [6, 6.07) is 13.9. The van der Waals surface area contributed by atoms with Gasteiger partial charge in [0, 0.05) is 29.3 Å². The molecule has 27 heavy (non-hydrogen) atoms. The third kappa shape index (κ3) is 5.06. The molecule has 1 aliphatic heterocycles. The highest BCUT2D eigenvalue weighted by atomic mass is 79.9. The Morgan fingerprint density at radius 2 is 1.67 bits per heavy atom. The fourth-order valence-corrected chi connectivity index (χ4v) is 4.86. The number of benzene rings is 2. The number of hydrogen-bond donors (Lipinski definition) is 1. The summed E-state index contributed by atoms with van der Waals surface area (Å²) in [6.07, 6.45) is 6.03. The number of piperidine rings is 1. The Balaban J connectivity index is 1.65. The van der Waals surface area contributed by atoms with Gasteiger partial charge in [0.15, 0.2) is 0 Å². The number of amides is 1. The fraction of sp³-hybridized carbons (Fsp3) is 0.250. The number of carbonyl (C=O) groups excluding carboxylic acids is 1. The molecule has 0 atom stereocenters. The summed E-state index contributed by atoms with van der Waals surface area (Å²) in [7, 11) is -3.46. The van der Waals surface area contributed by atoms with Crippen molar-refractivity contribution in [2.24, 2.45) is 0 Å². The quantitative estimate of drug-likeness (QED) is 0.694. The predicted octanol–water partition coefficient (Wildman–Crippen LogP) is 4.28. The Morgan fingerprint density at radius 1 is 1.00 bits per heavy atom. The molecule has 0 aliphatic carbocycles. The van der Waals surface area contributed by atoms with Gasteiger partial charge in [0.1, 0.15) is 0 Å². The van der Waals surface area contributed by atoms with E-state index in [2.05, 4.69) is 21.2 Å². The minimum absolute atomic E-state index is 0.256. The SMILES string of the molecule is O=C(C=Cc1ccccc1Br)Nc1ccc(S(=O)(=O)N2CCCCC2)cc1. The average molecular weight is 449 g/mol. The average Bonchev–Trinajstić information content (AvgIpc) is 2.68. The van der Waals surface area contributed by atoms with Crippen molar-refractivity contribution in [2.75, 3.05) is 18.4 Å². The van der Waals surface area contributed by atoms with Gasteiger partial charge in [0.2, 0.25) is 15.9 Å². The molecule has 0 spiro atoms. The number of carbonyl (C=O) groups is 1. The Labute approximate surface area is 168 Å². The molecule has 2 aromatic carbocycles. The van der Waals surface area contributed by atoms with Gasteiger partial charge in [-0.3, -0.25) is 4.79 Å². The highest BCUT2D eigenvalue weighted by molar-refractivity contribution is 9.10. The molecule has 1 N–H and O–H groups in total. The van der Waals surface area contributed by atoms with Crippen LogP contribution in [0.15, 0.2) is 64.0 Å². The minimum atomic E-state index is -3.46. The number of rotatable bonds is 5. The second-order valence-corrected chi connectivity index (χ2v) is 9.13. The first-order valence-corrected chi connectivity index (χ1v) is 11.0. The van der Waals surface area contributed by atoms with Gasteiger partial charge in [-0.1, -0.05) is 40.5 Å². The standard InChI is InChI=1S/C20H21BrN2O3S/c21-19-7-3-2-6-16(19)8-13-20(24)22-17-9-11-18(12-10-17)27(25,26)23-14-4-1-5-15-23/h2-3,6-13H,1,4-5,14-15H2,(H,22,24). The fourth-order valence-electron chi connectivity index (χ4n) is 2.92. The van der Waals surface area contributed by atoms with Crippen molar-refractivity contribution in [3.05, 3.63) is 64.6 Å². The highest BCUT2D eigenvalue weighted by Gasteiger charge is 2.25. The van der Waals surface area contributed by atoms with Gasteiger partial charge in [-0.15, -0.1) is 0 Å². The van der Waals surface area contributed by atoms with Crippen LogP contribution in [0.3, 0.4) is 0 Å². The summed E-state index contributed by atoms with van der Waals surface area (Å²) in [4.78, 5) is 12.3. The van der Waals surface area contributed by atoms with E-state index < -0.39 is 10.0 Å². The highest BCUT2D eigenvalue weighted by Crippen LogP contribution is 2.22. The van der Waals surface area contributed by atoms with Gasteiger partial charge in [0.05, 0.1) is 4.90 Å². The molecule has 2 aromatic rings. The predicted molar refractivity (Wildman–Crippen MR) is 111 cm³/mol. The first-order valence-electron chi connectivity index (χ1n) is 8.80. The van der Waals surface area contributed by atoms with Crippen LogP contribution in [0.25, 0.3) is 6.08 Å². The summed E-state index contributed by atoms with van der Waals surface area (Å²) in [5.74, 6) is -0.280. The number of hydrogen-bond acceptors (Lipinski definition) is 3. The minimum Gasteiger partial charge on any atom is -0.323 e. The van der Waals surface area contributed by atoms with E-state index in [1.807, 2.05) is 24.3 Å². The Morgan fingerprint density at radius 3 is 2.33 bits per heavy atom. The molecule has 0 radical (unpaired) electrons. The normalized spacial score (nSPS) is 15.7. The lowest BCUT2D eigenvalue weighted by Gasteiger charge is -2.25. The molecule has 0 bridgehead atoms. The number of nitrogens with zero attached hydrogens (tertiary/aromatic N) is 1. The van der Waals surface area contributed by atoms with Crippen molar-refractivity contribution in [1.29, 1.82) is 0 Å². The van der Waals surface area contributed by atoms with E-state index in [0.717, 1.165) is 29.3 Å². The van der Waals surface area contributed by atoms with Crippen LogP contribution in [0.2, 0.25) is 0 Å². The maximum Gasteiger partial charge on any atom is 0.248 e. The lowest BCUT2D eigenvalue weighted by Crippen LogP contribution is -2.35. The van der Waals surface area contributed by atoms with Crippen molar-refractivity contribution in [2.45, 2.75) is 24.2 Å². The zero-order valence-electron chi connectivity index (χ0n) is 14.8. The van der Waals surface area contributed by atoms with Gasteiger partial charge < -0.3 is 5.32 Å². The van der Waals surface area contributed by atoms with Crippen molar-refractivity contribution < 1.29 is 13.2 Å². The second-order valence-electron chi connectivity index (χ2n) is 6.33. The summed E-state index contributed by atoms with van der Waals surface area (Å²) < 4.78 is 27.7. The summed E-state index contributed by atoms with van der Waals surface area (Å²) in [6.45, 7) is 1.14. The van der Waals surface area contributed by atoms with Gasteiger partial charge in [-0.25, -0.2) is 8.42 Å². The van der Waals surface area contributed by atoms with E-state index in [-0.39, 0.29) is 10.8 Å². The molecule has 1 heterocycles. The number of nitrogens with one attached hydrogen (secondary N) is 1. The molecule has 142 valence electrons. The summed E-state index contributed by atoms with van der Waals surface area (Å²) in [5, 5.41) is 2.74. The van der Waals surface area contributed by atoms with Gasteiger partial charge >= 0.3 is 0 Å². The van der Waals surface area contributed by atoms with Crippen molar-refractivity contribution in [3.63, 3.8) is 0 Å². The number of sulfonamides is 1. The summed E-state index contributed by atoms with van der Waals surface area (Å²) >= 11 is 3.43. The smallest absolute Gasteiger partial charge is 0.248 e. The van der Waals surface area contributed by atoms with Crippen LogP contribution in [0.1, 0.15) is 24.8 Å². The molecule has 7 heteroatoms. The zero-order chi connectivity index (χ0) is 19.3. The molecule has 1 saturated heterocycles. The zero-order valence-corrected chi connectivity index (χ0v) is 17.2.